The minimum absolute atomic E-state index is 0.0733. The van der Waals surface area contributed by atoms with Crippen molar-refractivity contribution in [1.82, 2.24) is 4.90 Å². The molecule has 0 unspecified atom stereocenters. The topological polar surface area (TPSA) is 43.7 Å². The number of benzene rings is 1. The quantitative estimate of drug-likeness (QED) is 0.750. The molecule has 0 fully saturated rings. The summed E-state index contributed by atoms with van der Waals surface area (Å²) in [6.07, 6.45) is 0.699. The first-order chi connectivity index (χ1) is 7.67. The Morgan fingerprint density at radius 1 is 1.31 bits per heavy atom. The summed E-state index contributed by atoms with van der Waals surface area (Å²) in [6.45, 7) is 0.529. The van der Waals surface area contributed by atoms with E-state index in [1.807, 2.05) is 18.0 Å². The van der Waals surface area contributed by atoms with Crippen molar-refractivity contribution in [1.29, 1.82) is 0 Å². The van der Waals surface area contributed by atoms with Gasteiger partial charge in [-0.25, -0.2) is 4.39 Å². The SMILES string of the molecule is CN(CCc1cccc(F)c1)C(CO)CO. The zero-order chi connectivity index (χ0) is 12.0. The minimum atomic E-state index is -0.242. The number of halogens is 1. The molecule has 0 bridgehead atoms. The van der Waals surface area contributed by atoms with Gasteiger partial charge >= 0.3 is 0 Å². The van der Waals surface area contributed by atoms with Crippen molar-refractivity contribution in [2.75, 3.05) is 26.8 Å². The molecule has 0 saturated heterocycles. The van der Waals surface area contributed by atoms with E-state index in [1.54, 1.807) is 6.07 Å². The first kappa shape index (κ1) is 13.1. The van der Waals surface area contributed by atoms with E-state index in [1.165, 1.54) is 12.1 Å². The second kappa shape index (κ2) is 6.58. The maximum Gasteiger partial charge on any atom is 0.123 e. The molecular weight excluding hydrogens is 209 g/mol. The Kier molecular flexibility index (Phi) is 5.38. The first-order valence-electron chi connectivity index (χ1n) is 5.33. The van der Waals surface area contributed by atoms with Crippen LogP contribution in [0.5, 0.6) is 0 Å². The predicted octanol–water partition coefficient (Wildman–Crippen LogP) is 0.653. The summed E-state index contributed by atoms with van der Waals surface area (Å²) in [7, 11) is 1.83. The first-order valence-corrected chi connectivity index (χ1v) is 5.33. The van der Waals surface area contributed by atoms with Crippen molar-refractivity contribution < 1.29 is 14.6 Å². The summed E-state index contributed by atoms with van der Waals surface area (Å²) < 4.78 is 12.9. The van der Waals surface area contributed by atoms with Gasteiger partial charge in [0.2, 0.25) is 0 Å². The third kappa shape index (κ3) is 3.89. The van der Waals surface area contributed by atoms with Gasteiger partial charge in [-0.1, -0.05) is 12.1 Å². The maximum atomic E-state index is 12.9. The van der Waals surface area contributed by atoms with Crippen molar-refractivity contribution in [3.8, 4) is 0 Å². The molecule has 3 nitrogen and oxygen atoms in total. The molecule has 0 heterocycles. The molecule has 0 aromatic heterocycles. The number of aliphatic hydroxyl groups excluding tert-OH is 2. The van der Waals surface area contributed by atoms with E-state index < -0.39 is 0 Å². The Balaban J connectivity index is 2.45. The highest BCUT2D eigenvalue weighted by molar-refractivity contribution is 5.16. The number of nitrogens with zero attached hydrogens (tertiary/aromatic N) is 1. The van der Waals surface area contributed by atoms with Gasteiger partial charge in [-0.15, -0.1) is 0 Å². The lowest BCUT2D eigenvalue weighted by Gasteiger charge is -2.24. The molecule has 2 N–H and O–H groups in total. The van der Waals surface area contributed by atoms with Crippen LogP contribution in [0.3, 0.4) is 0 Å². The molecule has 0 saturated carbocycles. The normalized spacial score (nSPS) is 11.4. The molecule has 0 radical (unpaired) electrons. The fourth-order valence-corrected chi connectivity index (χ4v) is 1.52. The van der Waals surface area contributed by atoms with E-state index in [0.29, 0.717) is 13.0 Å². The molecule has 1 aromatic carbocycles. The van der Waals surface area contributed by atoms with Crippen molar-refractivity contribution in [2.45, 2.75) is 12.5 Å². The predicted molar refractivity (Wildman–Crippen MR) is 60.7 cm³/mol. The molecule has 0 aliphatic rings. The Labute approximate surface area is 95.1 Å². The molecule has 0 spiro atoms. The van der Waals surface area contributed by atoms with Crippen LogP contribution in [0.4, 0.5) is 4.39 Å². The zero-order valence-corrected chi connectivity index (χ0v) is 9.43. The Bertz CT molecular complexity index is 316. The Morgan fingerprint density at radius 2 is 2.00 bits per heavy atom. The van der Waals surface area contributed by atoms with Gasteiger partial charge in [-0.3, -0.25) is 4.90 Å². The van der Waals surface area contributed by atoms with E-state index in [4.69, 9.17) is 10.2 Å². The lowest BCUT2D eigenvalue weighted by atomic mass is 10.1. The fourth-order valence-electron chi connectivity index (χ4n) is 1.52. The summed E-state index contributed by atoms with van der Waals surface area (Å²) in [5.41, 5.74) is 0.918. The van der Waals surface area contributed by atoms with Gasteiger partial charge in [-0.05, 0) is 31.2 Å². The standard InChI is InChI=1S/C12H18FNO2/c1-14(12(8-15)9-16)6-5-10-3-2-4-11(13)7-10/h2-4,7,12,15-16H,5-6,8-9H2,1H3. The van der Waals surface area contributed by atoms with Crippen LogP contribution in [0.1, 0.15) is 5.56 Å². The highest BCUT2D eigenvalue weighted by Gasteiger charge is 2.11. The van der Waals surface area contributed by atoms with Crippen LogP contribution in [0.15, 0.2) is 24.3 Å². The van der Waals surface area contributed by atoms with Gasteiger partial charge in [0.25, 0.3) is 0 Å². The largest absolute Gasteiger partial charge is 0.395 e. The van der Waals surface area contributed by atoms with E-state index in [9.17, 15) is 4.39 Å². The highest BCUT2D eigenvalue weighted by Crippen LogP contribution is 2.05. The molecule has 4 heteroatoms. The smallest absolute Gasteiger partial charge is 0.123 e. The van der Waals surface area contributed by atoms with Crippen LogP contribution in [0, 0.1) is 5.82 Å². The van der Waals surface area contributed by atoms with Gasteiger partial charge in [-0.2, -0.15) is 0 Å². The Hall–Kier alpha value is -0.970. The molecule has 90 valence electrons. The van der Waals surface area contributed by atoms with Gasteiger partial charge in [0, 0.05) is 6.54 Å². The summed E-state index contributed by atoms with van der Waals surface area (Å²) in [6, 6.07) is 6.22. The maximum absolute atomic E-state index is 12.9. The molecule has 0 atom stereocenters. The van der Waals surface area contributed by atoms with Crippen molar-refractivity contribution in [3.05, 3.63) is 35.6 Å². The van der Waals surface area contributed by atoms with Crippen LogP contribution in [0.2, 0.25) is 0 Å². The summed E-state index contributed by atoms with van der Waals surface area (Å²) in [5.74, 6) is -0.235. The third-order valence-corrected chi connectivity index (χ3v) is 2.69. The lowest BCUT2D eigenvalue weighted by Crippen LogP contribution is -2.38. The van der Waals surface area contributed by atoms with Crippen LogP contribution >= 0.6 is 0 Å². The summed E-state index contributed by atoms with van der Waals surface area (Å²) in [5, 5.41) is 18.0. The minimum Gasteiger partial charge on any atom is -0.395 e. The number of hydrogen-bond acceptors (Lipinski definition) is 3. The van der Waals surface area contributed by atoms with Crippen molar-refractivity contribution in [3.63, 3.8) is 0 Å². The number of hydrogen-bond donors (Lipinski definition) is 2. The van der Waals surface area contributed by atoms with Crippen LogP contribution in [0.25, 0.3) is 0 Å². The molecular formula is C12H18FNO2. The molecule has 0 amide bonds. The average Bonchev–Trinajstić information content (AvgIpc) is 2.28. The molecule has 1 aromatic rings. The van der Waals surface area contributed by atoms with Gasteiger partial charge in [0.05, 0.1) is 19.3 Å². The van der Waals surface area contributed by atoms with Gasteiger partial charge in [0.15, 0.2) is 0 Å². The second-order valence-corrected chi connectivity index (χ2v) is 3.88. The van der Waals surface area contributed by atoms with E-state index in [0.717, 1.165) is 5.56 Å². The van der Waals surface area contributed by atoms with Gasteiger partial charge < -0.3 is 10.2 Å². The van der Waals surface area contributed by atoms with Crippen molar-refractivity contribution >= 4 is 0 Å². The average molecular weight is 227 g/mol. The number of rotatable bonds is 6. The highest BCUT2D eigenvalue weighted by atomic mass is 19.1. The Morgan fingerprint density at radius 3 is 2.56 bits per heavy atom. The summed E-state index contributed by atoms with van der Waals surface area (Å²) >= 11 is 0. The van der Waals surface area contributed by atoms with E-state index in [-0.39, 0.29) is 25.1 Å². The molecule has 16 heavy (non-hydrogen) atoms. The number of likely N-dealkylation sites (N-methyl/N-ethyl adjacent to an activating group) is 1. The summed E-state index contributed by atoms with van der Waals surface area (Å²) in [4.78, 5) is 1.87. The van der Waals surface area contributed by atoms with Crippen LogP contribution in [-0.2, 0) is 6.42 Å². The molecule has 1 rings (SSSR count). The monoisotopic (exact) mass is 227 g/mol. The van der Waals surface area contributed by atoms with Gasteiger partial charge in [0.1, 0.15) is 5.82 Å². The van der Waals surface area contributed by atoms with Crippen LogP contribution < -0.4 is 0 Å². The lowest BCUT2D eigenvalue weighted by molar-refractivity contribution is 0.0925. The number of aliphatic hydroxyl groups is 2. The van der Waals surface area contributed by atoms with E-state index >= 15 is 0 Å². The van der Waals surface area contributed by atoms with Crippen LogP contribution in [-0.4, -0.2) is 48.0 Å². The fraction of sp³-hybridized carbons (Fsp3) is 0.500. The second-order valence-electron chi connectivity index (χ2n) is 3.88. The molecule has 0 aliphatic heterocycles. The molecule has 0 aliphatic carbocycles. The van der Waals surface area contributed by atoms with Crippen molar-refractivity contribution in [2.24, 2.45) is 0 Å². The van der Waals surface area contributed by atoms with E-state index in [2.05, 4.69) is 0 Å². The third-order valence-electron chi connectivity index (χ3n) is 2.69. The zero-order valence-electron chi connectivity index (χ0n) is 9.43.